The number of aromatic nitrogens is 2. The van der Waals surface area contributed by atoms with Gasteiger partial charge in [-0.2, -0.15) is 5.10 Å². The van der Waals surface area contributed by atoms with Crippen LogP contribution in [0, 0.1) is 24.9 Å². The molecule has 1 aromatic heterocycles. The summed E-state index contributed by atoms with van der Waals surface area (Å²) in [7, 11) is 0. The van der Waals surface area contributed by atoms with E-state index < -0.39 is 0 Å². The number of benzene rings is 2. The van der Waals surface area contributed by atoms with Crippen LogP contribution in [0.3, 0.4) is 0 Å². The Kier molecular flexibility index (Phi) is 5.35. The van der Waals surface area contributed by atoms with Gasteiger partial charge in [-0.25, -0.2) is 14.1 Å². The minimum atomic E-state index is -0.264. The topological polar surface area (TPSA) is 39.4 Å². The van der Waals surface area contributed by atoms with E-state index in [4.69, 9.17) is 4.74 Å². The molecule has 4 aromatic rings. The molecule has 0 saturated carbocycles. The molecule has 4 rings (SSSR count). The largest absolute Gasteiger partial charge is 0.488 e. The van der Waals surface area contributed by atoms with Gasteiger partial charge in [0.05, 0.1) is 11.4 Å². The normalized spacial score (nSPS) is 10.8. The second-order valence-corrected chi connectivity index (χ2v) is 6.48. The van der Waals surface area contributed by atoms with Gasteiger partial charge >= 0.3 is 0 Å². The molecule has 4 nitrogen and oxygen atoms in total. The Bertz CT molecular complexity index is 1120. The van der Waals surface area contributed by atoms with Gasteiger partial charge in [-0.05, 0) is 42.8 Å². The summed E-state index contributed by atoms with van der Waals surface area (Å²) in [6, 6.07) is 27.5. The Morgan fingerprint density at radius 2 is 1.90 bits per heavy atom. The average molecular weight is 383 g/mol. The fourth-order valence-corrected chi connectivity index (χ4v) is 2.79. The van der Waals surface area contributed by atoms with E-state index in [0.29, 0.717) is 12.4 Å². The van der Waals surface area contributed by atoms with Gasteiger partial charge in [0.25, 0.3) is 0 Å². The lowest BCUT2D eigenvalue weighted by Crippen LogP contribution is -1.96. The molecule has 0 spiro atoms. The summed E-state index contributed by atoms with van der Waals surface area (Å²) in [4.78, 5) is 4.57. The predicted molar refractivity (Wildman–Crippen MR) is 110 cm³/mol. The zero-order chi connectivity index (χ0) is 20.1. The van der Waals surface area contributed by atoms with E-state index in [-0.39, 0.29) is 5.82 Å². The Morgan fingerprint density at radius 1 is 1.10 bits per heavy atom. The lowest BCUT2D eigenvalue weighted by molar-refractivity contribution is 0.306. The highest BCUT2D eigenvalue weighted by atomic mass is 19.1. The summed E-state index contributed by atoms with van der Waals surface area (Å²) in [5, 5.41) is 4.51. The molecule has 29 heavy (non-hydrogen) atoms. The molecule has 0 bridgehead atoms. The van der Waals surface area contributed by atoms with Crippen LogP contribution in [0.25, 0.3) is 5.69 Å². The van der Waals surface area contributed by atoms with Crippen molar-refractivity contribution in [3.63, 3.8) is 0 Å². The van der Waals surface area contributed by atoms with Crippen LogP contribution in [0.5, 0.6) is 5.75 Å². The number of hydrogen-bond donors (Lipinski definition) is 0. The van der Waals surface area contributed by atoms with Crippen molar-refractivity contribution in [1.82, 2.24) is 9.78 Å². The zero-order valence-electron chi connectivity index (χ0n) is 15.8. The summed E-state index contributed by atoms with van der Waals surface area (Å²) in [5.41, 5.74) is 3.45. The zero-order valence-corrected chi connectivity index (χ0v) is 15.8. The van der Waals surface area contributed by atoms with Gasteiger partial charge in [0.15, 0.2) is 5.82 Å². The van der Waals surface area contributed by atoms with Gasteiger partial charge in [0.2, 0.25) is 0 Å². The third-order valence-electron chi connectivity index (χ3n) is 4.20. The van der Waals surface area contributed by atoms with Crippen LogP contribution in [0.15, 0.2) is 77.8 Å². The van der Waals surface area contributed by atoms with Crippen LogP contribution >= 0.6 is 0 Å². The highest BCUT2D eigenvalue weighted by Gasteiger charge is 2.06. The highest BCUT2D eigenvalue weighted by Crippen LogP contribution is 2.20. The highest BCUT2D eigenvalue weighted by molar-refractivity contribution is 5.81. The minimum absolute atomic E-state index is 0.264. The summed E-state index contributed by atoms with van der Waals surface area (Å²) in [6.07, 6.45) is 1.71. The fourth-order valence-electron chi connectivity index (χ4n) is 2.79. The molecule has 0 amide bonds. The van der Waals surface area contributed by atoms with E-state index in [9.17, 15) is 4.39 Å². The van der Waals surface area contributed by atoms with Crippen molar-refractivity contribution >= 4 is 12.0 Å². The van der Waals surface area contributed by atoms with Crippen LogP contribution in [0.2, 0.25) is 0 Å². The van der Waals surface area contributed by atoms with Gasteiger partial charge in [0, 0.05) is 23.9 Å². The third-order valence-corrected chi connectivity index (χ3v) is 4.20. The second-order valence-electron chi connectivity index (χ2n) is 6.48. The molecular weight excluding hydrogens is 365 g/mol. The molecule has 1 heterocycles. The van der Waals surface area contributed by atoms with Gasteiger partial charge in [0.1, 0.15) is 18.2 Å². The first-order chi connectivity index (χ1) is 14.2. The van der Waals surface area contributed by atoms with Crippen LogP contribution in [0.4, 0.5) is 10.2 Å². The molecule has 0 N–H and O–H groups in total. The molecule has 0 saturated heterocycles. The fraction of sp³-hybridized carbons (Fsp3) is 0.0833. The molecule has 0 aliphatic carbocycles. The van der Waals surface area contributed by atoms with E-state index in [2.05, 4.69) is 22.2 Å². The Balaban J connectivity index is 1.50. The molecule has 0 radical (unpaired) electrons. The van der Waals surface area contributed by atoms with Crippen LogP contribution < -0.4 is 4.74 Å². The predicted octanol–water partition coefficient (Wildman–Crippen LogP) is 5.25. The van der Waals surface area contributed by atoms with Crippen molar-refractivity contribution in [3.05, 3.63) is 108 Å². The molecular formula is C24H18FN3O. The van der Waals surface area contributed by atoms with Crippen molar-refractivity contribution in [2.45, 2.75) is 13.5 Å². The van der Waals surface area contributed by atoms with E-state index in [0.717, 1.165) is 28.3 Å². The first-order valence-electron chi connectivity index (χ1n) is 9.14. The molecule has 3 aromatic carbocycles. The number of para-hydroxylation sites is 1. The number of aliphatic imine (C=N–C) groups is 1. The smallest absolute Gasteiger partial charge is 0.155 e. The maximum atomic E-state index is 13.0. The lowest BCUT2D eigenvalue weighted by Gasteiger charge is -2.05. The number of nitrogens with zero attached hydrogens (tertiary/aromatic N) is 3. The number of rotatable bonds is 6. The van der Waals surface area contributed by atoms with Crippen LogP contribution in [0.1, 0.15) is 16.8 Å². The third kappa shape index (κ3) is 4.69. The summed E-state index contributed by atoms with van der Waals surface area (Å²) in [5.74, 6) is 1.10. The first kappa shape index (κ1) is 18.5. The van der Waals surface area contributed by atoms with Crippen molar-refractivity contribution < 1.29 is 9.13 Å². The standard InChI is InChI=1S/C24H18FN3O/c1-18-14-24(28(27-18)22-7-3-2-4-8-22)26-16-20-6-5-9-23(15-20)29-17-19-10-12-21(25)13-11-19/h2-4,7-16H,17H2,1H3. The van der Waals surface area contributed by atoms with Crippen LogP contribution in [-0.2, 0) is 6.61 Å². The maximum absolute atomic E-state index is 13.0. The number of halogens is 1. The maximum Gasteiger partial charge on any atom is 0.155 e. The summed E-state index contributed by atoms with van der Waals surface area (Å²) in [6.45, 7) is 2.27. The minimum Gasteiger partial charge on any atom is -0.488 e. The Morgan fingerprint density at radius 3 is 2.69 bits per heavy atom. The van der Waals surface area contributed by atoms with E-state index in [1.165, 1.54) is 12.1 Å². The average Bonchev–Trinajstić information content (AvgIpc) is 3.13. The molecule has 0 aliphatic heterocycles. The van der Waals surface area contributed by atoms with Crippen LogP contribution in [-0.4, -0.2) is 16.0 Å². The molecule has 5 heteroatoms. The molecule has 0 aliphatic rings. The van der Waals surface area contributed by atoms with Gasteiger partial charge in [-0.15, -0.1) is 0 Å². The monoisotopic (exact) mass is 383 g/mol. The quantitative estimate of drug-likeness (QED) is 0.427. The summed E-state index contributed by atoms with van der Waals surface area (Å²) < 4.78 is 20.6. The van der Waals surface area contributed by atoms with E-state index >= 15 is 0 Å². The van der Waals surface area contributed by atoms with E-state index in [1.807, 2.05) is 49.4 Å². The summed E-state index contributed by atoms with van der Waals surface area (Å²) >= 11 is 0. The lowest BCUT2D eigenvalue weighted by atomic mass is 10.2. The van der Waals surface area contributed by atoms with Crippen molar-refractivity contribution in [3.8, 4) is 11.4 Å². The van der Waals surface area contributed by atoms with Crippen molar-refractivity contribution in [2.24, 2.45) is 4.99 Å². The SMILES string of the molecule is Cc1cc(N=Cc2c#ccc(OCc3ccc(F)cc3)c2)n(-c2ccccc2)n1. The Hall–Kier alpha value is -3.91. The molecule has 0 atom stereocenters. The molecule has 142 valence electrons. The molecule has 0 fully saturated rings. The second kappa shape index (κ2) is 8.41. The number of aryl methyl sites for hydroxylation is 1. The van der Waals surface area contributed by atoms with Gasteiger partial charge in [-0.1, -0.05) is 42.5 Å². The van der Waals surface area contributed by atoms with Gasteiger partial charge in [-0.3, -0.25) is 0 Å². The van der Waals surface area contributed by atoms with Crippen molar-refractivity contribution in [1.29, 1.82) is 0 Å². The number of hydrogen-bond acceptors (Lipinski definition) is 3. The van der Waals surface area contributed by atoms with Crippen molar-refractivity contribution in [2.75, 3.05) is 0 Å². The Labute approximate surface area is 168 Å². The molecule has 0 unspecified atom stereocenters. The first-order valence-corrected chi connectivity index (χ1v) is 9.14. The van der Waals surface area contributed by atoms with Gasteiger partial charge < -0.3 is 4.74 Å². The van der Waals surface area contributed by atoms with E-state index in [1.54, 1.807) is 29.1 Å². The number of ether oxygens (including phenoxy) is 1.